The van der Waals surface area contributed by atoms with Crippen LogP contribution in [0.4, 0.5) is 0 Å². The number of aliphatic hydroxyl groups excluding tert-OH is 1. The van der Waals surface area contributed by atoms with Gasteiger partial charge in [0.25, 0.3) is 5.91 Å². The Balaban J connectivity index is 2.12. The average molecular weight is 309 g/mol. The Kier molecular flexibility index (Phi) is 5.52. The zero-order valence-corrected chi connectivity index (χ0v) is 12.5. The Labute approximate surface area is 127 Å². The monoisotopic (exact) mass is 309 g/mol. The lowest BCUT2D eigenvalue weighted by atomic mass is 10.1. The number of carbonyl (C=O) groups is 2. The molecule has 2 heterocycles. The number of aliphatic hydroxyl groups is 1. The van der Waals surface area contributed by atoms with Crippen LogP contribution in [0.1, 0.15) is 40.9 Å². The highest BCUT2D eigenvalue weighted by Crippen LogP contribution is 2.22. The molecule has 1 aliphatic heterocycles. The zero-order valence-electron chi connectivity index (χ0n) is 11.7. The van der Waals surface area contributed by atoms with Gasteiger partial charge in [-0.15, -0.1) is 11.3 Å². The third-order valence-corrected chi connectivity index (χ3v) is 4.50. The van der Waals surface area contributed by atoms with Crippen LogP contribution in [-0.2, 0) is 4.79 Å². The van der Waals surface area contributed by atoms with Crippen LogP contribution in [0.15, 0.2) is 17.5 Å². The van der Waals surface area contributed by atoms with Crippen molar-refractivity contribution in [2.24, 2.45) is 0 Å². The number of carboxylic acid groups (broad SMARTS) is 1. The van der Waals surface area contributed by atoms with E-state index in [2.05, 4.69) is 0 Å². The fraction of sp³-hybridized carbons (Fsp3) is 0.467. The van der Waals surface area contributed by atoms with E-state index < -0.39 is 5.97 Å². The Morgan fingerprint density at radius 1 is 1.38 bits per heavy atom. The third kappa shape index (κ3) is 4.15. The first-order chi connectivity index (χ1) is 10.1. The fourth-order valence-corrected chi connectivity index (χ4v) is 3.28. The SMILES string of the molecule is O=C(O)/C=C/c1cc(C(=O)N2CCCCCC2CO)cs1. The van der Waals surface area contributed by atoms with E-state index in [-0.39, 0.29) is 18.6 Å². The smallest absolute Gasteiger partial charge is 0.328 e. The van der Waals surface area contributed by atoms with Gasteiger partial charge in [0.15, 0.2) is 0 Å². The summed E-state index contributed by atoms with van der Waals surface area (Å²) in [6.07, 6.45) is 6.44. The van der Waals surface area contributed by atoms with Gasteiger partial charge in [-0.2, -0.15) is 0 Å². The van der Waals surface area contributed by atoms with Gasteiger partial charge < -0.3 is 15.1 Å². The predicted molar refractivity (Wildman–Crippen MR) is 81.4 cm³/mol. The fourth-order valence-electron chi connectivity index (χ4n) is 2.51. The van der Waals surface area contributed by atoms with Crippen LogP contribution in [-0.4, -0.2) is 46.2 Å². The normalized spacial score (nSPS) is 19.7. The minimum absolute atomic E-state index is 0.0123. The summed E-state index contributed by atoms with van der Waals surface area (Å²) in [5.41, 5.74) is 0.561. The van der Waals surface area contributed by atoms with E-state index in [1.54, 1.807) is 16.3 Å². The Morgan fingerprint density at radius 3 is 2.90 bits per heavy atom. The lowest BCUT2D eigenvalue weighted by Gasteiger charge is -2.28. The summed E-state index contributed by atoms with van der Waals surface area (Å²) in [7, 11) is 0. The second kappa shape index (κ2) is 7.38. The molecule has 0 radical (unpaired) electrons. The maximum Gasteiger partial charge on any atom is 0.328 e. The van der Waals surface area contributed by atoms with Crippen molar-refractivity contribution in [3.05, 3.63) is 28.0 Å². The number of carboxylic acids is 1. The molecule has 1 fully saturated rings. The van der Waals surface area contributed by atoms with Crippen molar-refractivity contribution in [2.75, 3.05) is 13.2 Å². The van der Waals surface area contributed by atoms with Gasteiger partial charge in [0.1, 0.15) is 0 Å². The van der Waals surface area contributed by atoms with Crippen LogP contribution in [0.5, 0.6) is 0 Å². The lowest BCUT2D eigenvalue weighted by molar-refractivity contribution is -0.131. The summed E-state index contributed by atoms with van der Waals surface area (Å²) in [6, 6.07) is 1.59. The molecule has 5 nitrogen and oxygen atoms in total. The number of likely N-dealkylation sites (tertiary alicyclic amines) is 1. The standard InChI is InChI=1S/C15H19NO4S/c17-9-12-4-2-1-3-7-16(12)15(20)11-8-13(21-10-11)5-6-14(18)19/h5-6,8,10,12,17H,1-4,7,9H2,(H,18,19)/b6-5+. The second-order valence-electron chi connectivity index (χ2n) is 5.09. The summed E-state index contributed by atoms with van der Waals surface area (Å²) < 4.78 is 0. The molecule has 1 atom stereocenters. The van der Waals surface area contributed by atoms with Crippen LogP contribution < -0.4 is 0 Å². The van der Waals surface area contributed by atoms with Gasteiger partial charge in [-0.25, -0.2) is 4.79 Å². The van der Waals surface area contributed by atoms with E-state index in [4.69, 9.17) is 5.11 Å². The number of hydrogen-bond donors (Lipinski definition) is 2. The van der Waals surface area contributed by atoms with Gasteiger partial charge >= 0.3 is 5.97 Å². The molecule has 1 aromatic rings. The molecule has 1 unspecified atom stereocenters. The van der Waals surface area contributed by atoms with E-state index in [9.17, 15) is 14.7 Å². The summed E-state index contributed by atoms with van der Waals surface area (Å²) >= 11 is 1.34. The van der Waals surface area contributed by atoms with Crippen molar-refractivity contribution in [3.8, 4) is 0 Å². The maximum absolute atomic E-state index is 12.6. The summed E-state index contributed by atoms with van der Waals surface area (Å²) in [5.74, 6) is -1.09. The molecule has 2 N–H and O–H groups in total. The molecular formula is C15H19NO4S. The van der Waals surface area contributed by atoms with Gasteiger partial charge in [-0.1, -0.05) is 12.8 Å². The number of thiophene rings is 1. The first-order valence-electron chi connectivity index (χ1n) is 7.03. The molecule has 21 heavy (non-hydrogen) atoms. The number of rotatable bonds is 4. The quantitative estimate of drug-likeness (QED) is 0.836. The summed E-state index contributed by atoms with van der Waals surface area (Å²) in [4.78, 5) is 25.5. The second-order valence-corrected chi connectivity index (χ2v) is 6.04. The summed E-state index contributed by atoms with van der Waals surface area (Å²) in [5, 5.41) is 19.8. The van der Waals surface area contributed by atoms with Crippen molar-refractivity contribution in [1.29, 1.82) is 0 Å². The number of carbonyl (C=O) groups excluding carboxylic acids is 1. The van der Waals surface area contributed by atoms with Crippen molar-refractivity contribution in [2.45, 2.75) is 31.7 Å². The topological polar surface area (TPSA) is 77.8 Å². The highest BCUT2D eigenvalue weighted by molar-refractivity contribution is 7.11. The Morgan fingerprint density at radius 2 is 2.19 bits per heavy atom. The molecule has 0 aromatic carbocycles. The molecule has 0 spiro atoms. The van der Waals surface area contributed by atoms with Crippen molar-refractivity contribution < 1.29 is 19.8 Å². The predicted octanol–water partition coefficient (Wildman–Crippen LogP) is 2.22. The molecule has 0 saturated carbocycles. The van der Waals surface area contributed by atoms with Crippen molar-refractivity contribution in [1.82, 2.24) is 4.90 Å². The number of hydrogen-bond acceptors (Lipinski definition) is 4. The molecule has 6 heteroatoms. The molecule has 0 bridgehead atoms. The highest BCUT2D eigenvalue weighted by Gasteiger charge is 2.26. The summed E-state index contributed by atoms with van der Waals surface area (Å²) in [6.45, 7) is 0.655. The molecule has 114 valence electrons. The molecule has 0 aliphatic carbocycles. The molecule has 1 aliphatic rings. The van der Waals surface area contributed by atoms with Gasteiger partial charge in [-0.05, 0) is 25.0 Å². The first kappa shape index (κ1) is 15.7. The van der Waals surface area contributed by atoms with Crippen LogP contribution in [0.2, 0.25) is 0 Å². The van der Waals surface area contributed by atoms with Crippen molar-refractivity contribution in [3.63, 3.8) is 0 Å². The van der Waals surface area contributed by atoms with E-state index >= 15 is 0 Å². The van der Waals surface area contributed by atoms with Crippen LogP contribution >= 0.6 is 11.3 Å². The minimum Gasteiger partial charge on any atom is -0.478 e. The third-order valence-electron chi connectivity index (χ3n) is 3.61. The van der Waals surface area contributed by atoms with Gasteiger partial charge in [-0.3, -0.25) is 4.79 Å². The van der Waals surface area contributed by atoms with Crippen LogP contribution in [0, 0.1) is 0 Å². The van der Waals surface area contributed by atoms with Crippen LogP contribution in [0.25, 0.3) is 6.08 Å². The minimum atomic E-state index is -1.01. The van der Waals surface area contributed by atoms with E-state index in [1.807, 2.05) is 0 Å². The van der Waals surface area contributed by atoms with E-state index in [0.29, 0.717) is 12.1 Å². The Hall–Kier alpha value is -1.66. The molecule has 1 aromatic heterocycles. The zero-order chi connectivity index (χ0) is 15.2. The number of amides is 1. The average Bonchev–Trinajstić information content (AvgIpc) is 2.81. The molecule has 1 saturated heterocycles. The van der Waals surface area contributed by atoms with Crippen molar-refractivity contribution >= 4 is 29.3 Å². The number of aliphatic carboxylic acids is 1. The first-order valence-corrected chi connectivity index (χ1v) is 7.91. The van der Waals surface area contributed by atoms with E-state index in [0.717, 1.165) is 36.6 Å². The Bertz CT molecular complexity index is 538. The highest BCUT2D eigenvalue weighted by atomic mass is 32.1. The molecule has 2 rings (SSSR count). The van der Waals surface area contributed by atoms with Crippen LogP contribution in [0.3, 0.4) is 0 Å². The maximum atomic E-state index is 12.6. The van der Waals surface area contributed by atoms with Gasteiger partial charge in [0.2, 0.25) is 0 Å². The molecular weight excluding hydrogens is 290 g/mol. The van der Waals surface area contributed by atoms with Gasteiger partial charge in [0.05, 0.1) is 18.2 Å². The van der Waals surface area contributed by atoms with Gasteiger partial charge in [0, 0.05) is 22.9 Å². The largest absolute Gasteiger partial charge is 0.478 e. The lowest BCUT2D eigenvalue weighted by Crippen LogP contribution is -2.41. The molecule has 1 amide bonds. The van der Waals surface area contributed by atoms with E-state index in [1.165, 1.54) is 17.4 Å². The number of nitrogens with zero attached hydrogens (tertiary/aromatic N) is 1.